The van der Waals surface area contributed by atoms with Gasteiger partial charge in [0.15, 0.2) is 11.5 Å². The molecule has 2 aliphatic heterocycles. The number of tetrazole rings is 1. The first-order chi connectivity index (χ1) is 17.7. The molecule has 1 aliphatic carbocycles. The van der Waals surface area contributed by atoms with E-state index in [1.165, 1.54) is 57.8 Å². The zero-order valence-electron chi connectivity index (χ0n) is 20.6. The molecule has 1 amide bonds. The Morgan fingerprint density at radius 2 is 1.67 bits per heavy atom. The molecular formula is C26H34N8O2. The monoisotopic (exact) mass is 490 g/mol. The number of nitrogens with zero attached hydrogens (tertiary/aromatic N) is 6. The van der Waals surface area contributed by atoms with Crippen LogP contribution in [0.4, 0.5) is 0 Å². The number of amides is 1. The Kier molecular flexibility index (Phi) is 6.52. The number of fused-ring (bicyclic) bond motifs is 3. The fourth-order valence-corrected chi connectivity index (χ4v) is 6.89. The van der Waals surface area contributed by atoms with Crippen LogP contribution < -0.4 is 10.9 Å². The summed E-state index contributed by atoms with van der Waals surface area (Å²) in [6.45, 7) is 0.0766. The number of aromatic nitrogens is 6. The first kappa shape index (κ1) is 23.3. The Hall–Kier alpha value is -3.14. The van der Waals surface area contributed by atoms with Gasteiger partial charge in [-0.25, -0.2) is 4.98 Å². The van der Waals surface area contributed by atoms with Crippen LogP contribution in [0, 0.1) is 0 Å². The van der Waals surface area contributed by atoms with Gasteiger partial charge in [-0.3, -0.25) is 14.5 Å². The van der Waals surface area contributed by atoms with Crippen molar-refractivity contribution in [1.29, 1.82) is 0 Å². The van der Waals surface area contributed by atoms with Crippen molar-refractivity contribution in [3.8, 4) is 0 Å². The van der Waals surface area contributed by atoms with Crippen LogP contribution in [-0.2, 0) is 6.54 Å². The smallest absolute Gasteiger partial charge is 0.282 e. The standard InChI is InChI=1S/C26H34N8O2/c35-25(27-16-23-29-31-32-30-23)24-26(36)34(22-11-7-6-10-21(22)28-24)20-14-18-12-13-19(15-20)33(18)17-8-4-2-1-3-5-9-17/h6-7,10-11,17-20H,1-5,8-9,12-16H2,(H,27,35)(H,29,30,31,32). The van der Waals surface area contributed by atoms with Gasteiger partial charge in [0.1, 0.15) is 0 Å². The zero-order chi connectivity index (χ0) is 24.5. The first-order valence-corrected chi connectivity index (χ1v) is 13.5. The molecule has 3 fully saturated rings. The van der Waals surface area contributed by atoms with E-state index in [1.807, 2.05) is 28.8 Å². The molecule has 3 aliphatic rings. The predicted octanol–water partition coefficient (Wildman–Crippen LogP) is 3.12. The lowest BCUT2D eigenvalue weighted by Gasteiger charge is -2.45. The van der Waals surface area contributed by atoms with Gasteiger partial charge in [-0.15, -0.1) is 10.2 Å². The molecule has 2 atom stereocenters. The minimum Gasteiger partial charge on any atom is -0.343 e. The minimum absolute atomic E-state index is 0.0662. The van der Waals surface area contributed by atoms with Gasteiger partial charge < -0.3 is 9.88 Å². The van der Waals surface area contributed by atoms with Crippen LogP contribution in [0.25, 0.3) is 11.0 Å². The van der Waals surface area contributed by atoms with Crippen LogP contribution in [0.1, 0.15) is 93.0 Å². The summed E-state index contributed by atoms with van der Waals surface area (Å²) in [6, 6.07) is 9.42. The number of carbonyl (C=O) groups is 1. The van der Waals surface area contributed by atoms with E-state index in [0.29, 0.717) is 29.5 Å². The number of benzene rings is 1. The third-order valence-electron chi connectivity index (χ3n) is 8.43. The molecule has 6 rings (SSSR count). The molecule has 2 N–H and O–H groups in total. The van der Waals surface area contributed by atoms with E-state index in [1.54, 1.807) is 0 Å². The number of H-pyrrole nitrogens is 1. The molecule has 36 heavy (non-hydrogen) atoms. The summed E-state index contributed by atoms with van der Waals surface area (Å²) in [4.78, 5) is 34.1. The molecule has 0 spiro atoms. The Labute approximate surface area is 209 Å². The van der Waals surface area contributed by atoms with Crippen molar-refractivity contribution in [2.75, 3.05) is 0 Å². The average Bonchev–Trinajstić information content (AvgIpc) is 3.47. The third-order valence-corrected chi connectivity index (χ3v) is 8.43. The van der Waals surface area contributed by atoms with Gasteiger partial charge in [0, 0.05) is 24.2 Å². The summed E-state index contributed by atoms with van der Waals surface area (Å²) in [5.41, 5.74) is 1.08. The average molecular weight is 491 g/mol. The molecule has 0 radical (unpaired) electrons. The molecule has 10 heteroatoms. The maximum absolute atomic E-state index is 13.8. The van der Waals surface area contributed by atoms with Gasteiger partial charge in [0.05, 0.1) is 17.6 Å². The molecule has 190 valence electrons. The van der Waals surface area contributed by atoms with Gasteiger partial charge >= 0.3 is 0 Å². The Morgan fingerprint density at radius 1 is 0.944 bits per heavy atom. The summed E-state index contributed by atoms with van der Waals surface area (Å²) in [7, 11) is 0. The molecule has 10 nitrogen and oxygen atoms in total. The van der Waals surface area contributed by atoms with Crippen molar-refractivity contribution in [1.82, 2.24) is 40.4 Å². The number of para-hydroxylation sites is 2. The van der Waals surface area contributed by atoms with E-state index in [2.05, 4.69) is 35.8 Å². The topological polar surface area (TPSA) is 122 Å². The Morgan fingerprint density at radius 3 is 2.39 bits per heavy atom. The van der Waals surface area contributed by atoms with E-state index in [4.69, 9.17) is 0 Å². The van der Waals surface area contributed by atoms with E-state index in [-0.39, 0.29) is 23.8 Å². The number of aromatic amines is 1. The summed E-state index contributed by atoms with van der Waals surface area (Å²) in [5, 5.41) is 16.3. The molecule has 2 unspecified atom stereocenters. The fourth-order valence-electron chi connectivity index (χ4n) is 6.89. The SMILES string of the molecule is O=C(NCc1nn[nH]n1)c1nc2ccccc2n(C2CC3CCC(C2)N3C2CCCCCCC2)c1=O. The predicted molar refractivity (Wildman–Crippen MR) is 134 cm³/mol. The molecule has 2 saturated heterocycles. The summed E-state index contributed by atoms with van der Waals surface area (Å²) in [6.07, 6.45) is 13.7. The van der Waals surface area contributed by atoms with E-state index < -0.39 is 5.91 Å². The Bertz CT molecular complexity index is 1250. The normalized spacial score (nSPS) is 25.5. The van der Waals surface area contributed by atoms with Crippen molar-refractivity contribution in [2.45, 2.75) is 101 Å². The maximum Gasteiger partial charge on any atom is 0.282 e. The molecule has 2 aromatic heterocycles. The van der Waals surface area contributed by atoms with Crippen LogP contribution in [0.2, 0.25) is 0 Å². The fraction of sp³-hybridized carbons (Fsp3) is 0.615. The molecule has 4 heterocycles. The first-order valence-electron chi connectivity index (χ1n) is 13.5. The van der Waals surface area contributed by atoms with E-state index in [9.17, 15) is 9.59 Å². The highest BCUT2D eigenvalue weighted by Crippen LogP contribution is 2.44. The highest BCUT2D eigenvalue weighted by Gasteiger charge is 2.44. The number of hydrogen-bond acceptors (Lipinski definition) is 7. The van der Waals surface area contributed by atoms with Crippen molar-refractivity contribution in [3.63, 3.8) is 0 Å². The van der Waals surface area contributed by atoms with E-state index in [0.717, 1.165) is 18.4 Å². The van der Waals surface area contributed by atoms with Crippen molar-refractivity contribution in [3.05, 3.63) is 46.1 Å². The number of hydrogen-bond donors (Lipinski definition) is 2. The van der Waals surface area contributed by atoms with Gasteiger partial charge in [0.25, 0.3) is 11.5 Å². The lowest BCUT2D eigenvalue weighted by molar-refractivity contribution is 0.0497. The van der Waals surface area contributed by atoms with Gasteiger partial charge in [0.2, 0.25) is 0 Å². The summed E-state index contributed by atoms with van der Waals surface area (Å²) >= 11 is 0. The quantitative estimate of drug-likeness (QED) is 0.563. The molecule has 2 bridgehead atoms. The van der Waals surface area contributed by atoms with Crippen LogP contribution >= 0.6 is 0 Å². The molecule has 3 aromatic rings. The van der Waals surface area contributed by atoms with Crippen molar-refractivity contribution < 1.29 is 4.79 Å². The molecular weight excluding hydrogens is 456 g/mol. The van der Waals surface area contributed by atoms with Crippen LogP contribution in [0.5, 0.6) is 0 Å². The van der Waals surface area contributed by atoms with Crippen LogP contribution in [-0.4, -0.2) is 59.1 Å². The number of nitrogens with one attached hydrogen (secondary N) is 2. The number of rotatable bonds is 5. The van der Waals surface area contributed by atoms with Crippen molar-refractivity contribution >= 4 is 16.9 Å². The number of carbonyl (C=O) groups excluding carboxylic acids is 1. The lowest BCUT2D eigenvalue weighted by Crippen LogP contribution is -2.50. The second-order valence-electron chi connectivity index (χ2n) is 10.6. The number of piperidine rings is 1. The summed E-state index contributed by atoms with van der Waals surface area (Å²) < 4.78 is 1.87. The second-order valence-corrected chi connectivity index (χ2v) is 10.6. The highest BCUT2D eigenvalue weighted by atomic mass is 16.2. The zero-order valence-corrected chi connectivity index (χ0v) is 20.6. The maximum atomic E-state index is 13.8. The largest absolute Gasteiger partial charge is 0.343 e. The Balaban J connectivity index is 1.29. The molecule has 1 saturated carbocycles. The van der Waals surface area contributed by atoms with E-state index >= 15 is 0 Å². The second kappa shape index (κ2) is 10.1. The van der Waals surface area contributed by atoms with Gasteiger partial charge in [-0.1, -0.05) is 49.5 Å². The van der Waals surface area contributed by atoms with Crippen molar-refractivity contribution in [2.24, 2.45) is 0 Å². The van der Waals surface area contributed by atoms with Crippen LogP contribution in [0.3, 0.4) is 0 Å². The third kappa shape index (κ3) is 4.42. The lowest BCUT2D eigenvalue weighted by atomic mass is 9.89. The van der Waals surface area contributed by atoms with Gasteiger partial charge in [-0.05, 0) is 50.7 Å². The molecule has 1 aromatic carbocycles. The van der Waals surface area contributed by atoms with Crippen LogP contribution in [0.15, 0.2) is 29.1 Å². The summed E-state index contributed by atoms with van der Waals surface area (Å²) in [5.74, 6) is -0.165. The highest BCUT2D eigenvalue weighted by molar-refractivity contribution is 5.93. The van der Waals surface area contributed by atoms with Gasteiger partial charge in [-0.2, -0.15) is 5.21 Å². The minimum atomic E-state index is -0.515.